The van der Waals surface area contributed by atoms with E-state index in [1.54, 1.807) is 60.5 Å². The highest BCUT2D eigenvalue weighted by molar-refractivity contribution is 6.42. The molecule has 230 valence electrons. The van der Waals surface area contributed by atoms with Gasteiger partial charge < -0.3 is 30.1 Å². The summed E-state index contributed by atoms with van der Waals surface area (Å²) in [5.74, 6) is 1.09. The van der Waals surface area contributed by atoms with E-state index in [0.717, 1.165) is 5.56 Å². The van der Waals surface area contributed by atoms with Crippen LogP contribution in [-0.4, -0.2) is 72.8 Å². The van der Waals surface area contributed by atoms with Crippen LogP contribution in [0.15, 0.2) is 60.7 Å². The van der Waals surface area contributed by atoms with Crippen molar-refractivity contribution in [2.45, 2.75) is 39.0 Å². The van der Waals surface area contributed by atoms with Crippen LogP contribution in [0.2, 0.25) is 10.0 Å². The van der Waals surface area contributed by atoms with Crippen molar-refractivity contribution in [3.8, 4) is 11.5 Å². The molecular formula is C32H38Cl2N4O5. The van der Waals surface area contributed by atoms with Crippen LogP contribution < -0.4 is 20.1 Å². The van der Waals surface area contributed by atoms with Gasteiger partial charge >= 0.3 is 6.03 Å². The molecule has 43 heavy (non-hydrogen) atoms. The zero-order valence-electron chi connectivity index (χ0n) is 24.8. The van der Waals surface area contributed by atoms with Gasteiger partial charge in [-0.2, -0.15) is 0 Å². The minimum Gasteiger partial charge on any atom is -0.497 e. The summed E-state index contributed by atoms with van der Waals surface area (Å²) in [4.78, 5) is 30.1. The van der Waals surface area contributed by atoms with Crippen molar-refractivity contribution in [2.24, 2.45) is 5.92 Å². The molecule has 0 unspecified atom stereocenters. The van der Waals surface area contributed by atoms with Crippen molar-refractivity contribution in [2.75, 3.05) is 44.5 Å². The second-order valence-corrected chi connectivity index (χ2v) is 11.8. The Morgan fingerprint density at radius 1 is 1.09 bits per heavy atom. The lowest BCUT2D eigenvalue weighted by Gasteiger charge is -2.34. The number of aliphatic hydroxyl groups is 1. The van der Waals surface area contributed by atoms with E-state index < -0.39 is 6.03 Å². The first-order chi connectivity index (χ1) is 20.6. The molecule has 1 aliphatic rings. The van der Waals surface area contributed by atoms with E-state index in [1.807, 2.05) is 33.0 Å². The van der Waals surface area contributed by atoms with Gasteiger partial charge in [0.25, 0.3) is 0 Å². The first-order valence-corrected chi connectivity index (χ1v) is 14.9. The summed E-state index contributed by atoms with van der Waals surface area (Å²) >= 11 is 12.3. The highest BCUT2D eigenvalue weighted by atomic mass is 35.5. The third-order valence-corrected chi connectivity index (χ3v) is 8.19. The molecule has 3 atom stereocenters. The van der Waals surface area contributed by atoms with Gasteiger partial charge in [-0.3, -0.25) is 9.69 Å². The number of hydrogen-bond acceptors (Lipinski definition) is 6. The Kier molecular flexibility index (Phi) is 11.2. The number of halogens is 2. The Hall–Kier alpha value is -3.50. The molecule has 4 rings (SSSR count). The van der Waals surface area contributed by atoms with E-state index in [0.29, 0.717) is 58.1 Å². The highest BCUT2D eigenvalue weighted by Crippen LogP contribution is 2.30. The van der Waals surface area contributed by atoms with Crippen molar-refractivity contribution in [3.05, 3.63) is 81.8 Å². The number of fused-ring (bicyclic) bond motifs is 1. The van der Waals surface area contributed by atoms with Crippen LogP contribution in [-0.2, 0) is 17.8 Å². The lowest BCUT2D eigenvalue weighted by atomic mass is 10.0. The van der Waals surface area contributed by atoms with Gasteiger partial charge in [0.05, 0.1) is 36.2 Å². The maximum absolute atomic E-state index is 13.5. The number of aliphatic hydroxyl groups excluding tert-OH is 1. The van der Waals surface area contributed by atoms with E-state index in [-0.39, 0.29) is 37.0 Å². The average molecular weight is 630 g/mol. The van der Waals surface area contributed by atoms with Crippen LogP contribution in [0.5, 0.6) is 11.5 Å². The van der Waals surface area contributed by atoms with Crippen LogP contribution in [0.4, 0.5) is 16.2 Å². The summed E-state index contributed by atoms with van der Waals surface area (Å²) in [6.45, 7) is 5.35. The molecule has 0 radical (unpaired) electrons. The maximum atomic E-state index is 13.5. The lowest BCUT2D eigenvalue weighted by Crippen LogP contribution is -2.47. The Balaban J connectivity index is 1.55. The zero-order valence-corrected chi connectivity index (χ0v) is 26.3. The normalized spacial score (nSPS) is 17.7. The van der Waals surface area contributed by atoms with Crippen molar-refractivity contribution >= 4 is 46.5 Å². The first-order valence-electron chi connectivity index (χ1n) is 14.1. The topological polar surface area (TPSA) is 103 Å². The second kappa shape index (κ2) is 14.8. The zero-order chi connectivity index (χ0) is 31.1. The number of nitrogens with one attached hydrogen (secondary N) is 2. The molecule has 0 aromatic heterocycles. The van der Waals surface area contributed by atoms with E-state index in [1.165, 1.54) is 0 Å². The number of ether oxygens (including phenoxy) is 2. The van der Waals surface area contributed by atoms with Crippen LogP contribution in [0, 0.1) is 5.92 Å². The predicted molar refractivity (Wildman–Crippen MR) is 170 cm³/mol. The first kappa shape index (κ1) is 32.4. The summed E-state index contributed by atoms with van der Waals surface area (Å²) in [7, 11) is 3.58. The number of carbonyl (C=O) groups excluding carboxylic acids is 2. The Labute approximate surface area is 262 Å². The molecule has 9 nitrogen and oxygen atoms in total. The quantitative estimate of drug-likeness (QED) is 0.271. The molecule has 0 spiro atoms. The van der Waals surface area contributed by atoms with E-state index in [9.17, 15) is 14.7 Å². The Morgan fingerprint density at radius 3 is 2.47 bits per heavy atom. The summed E-state index contributed by atoms with van der Waals surface area (Å²) in [6, 6.07) is 17.1. The fraction of sp³-hybridized carbons (Fsp3) is 0.375. The molecule has 0 bridgehead atoms. The molecule has 0 fully saturated rings. The predicted octanol–water partition coefficient (Wildman–Crippen LogP) is 5.93. The van der Waals surface area contributed by atoms with Gasteiger partial charge in [0, 0.05) is 42.5 Å². The fourth-order valence-electron chi connectivity index (χ4n) is 5.01. The minimum atomic E-state index is -0.425. The molecule has 3 aromatic carbocycles. The van der Waals surface area contributed by atoms with Gasteiger partial charge in [0.2, 0.25) is 5.91 Å². The number of methoxy groups -OCH3 is 1. The molecule has 0 aliphatic carbocycles. The number of carbonyl (C=O) groups is 2. The summed E-state index contributed by atoms with van der Waals surface area (Å²) < 4.78 is 11.8. The number of anilines is 2. The number of rotatable bonds is 9. The molecule has 3 amide bonds. The van der Waals surface area contributed by atoms with Gasteiger partial charge in [-0.1, -0.05) is 36.2 Å². The SMILES string of the molecule is COc1ccc(NC(=O)Nc2ccc3c(c2)CC(=O)N([C@@H](C)CO)C[C@H](C)[C@H](CN(C)Cc2ccc(Cl)c(Cl)c2)O3)cc1. The number of hydrogen-bond donors (Lipinski definition) is 3. The van der Waals surface area contributed by atoms with Gasteiger partial charge in [0.15, 0.2) is 0 Å². The fourth-order valence-corrected chi connectivity index (χ4v) is 5.34. The molecular weight excluding hydrogens is 591 g/mol. The molecule has 3 N–H and O–H groups in total. The van der Waals surface area contributed by atoms with Crippen LogP contribution in [0.1, 0.15) is 25.0 Å². The molecule has 3 aromatic rings. The summed E-state index contributed by atoms with van der Waals surface area (Å²) in [5, 5.41) is 16.6. The standard InChI is InChI=1S/C32H38Cl2N4O5/c1-20-16-38(21(2)19-39)31(40)15-23-14-25(36-32(41)35-24-6-9-26(42-4)10-7-24)8-12-29(23)43-30(20)18-37(3)17-22-5-11-27(33)28(34)13-22/h5-14,20-21,30,39H,15-19H2,1-4H3,(H2,35,36,41)/t20-,21-,30-/m0/s1. The third kappa shape index (κ3) is 8.76. The van der Waals surface area contributed by atoms with Gasteiger partial charge in [-0.05, 0) is 74.1 Å². The smallest absolute Gasteiger partial charge is 0.323 e. The van der Waals surface area contributed by atoms with Crippen LogP contribution >= 0.6 is 23.2 Å². The van der Waals surface area contributed by atoms with E-state index >= 15 is 0 Å². The molecule has 0 saturated carbocycles. The number of likely N-dealkylation sites (N-methyl/N-ethyl adjacent to an activating group) is 1. The molecule has 11 heteroatoms. The van der Waals surface area contributed by atoms with Crippen LogP contribution in [0.25, 0.3) is 0 Å². The van der Waals surface area contributed by atoms with Crippen molar-refractivity contribution in [1.29, 1.82) is 0 Å². The molecule has 1 aliphatic heterocycles. The van der Waals surface area contributed by atoms with Gasteiger partial charge in [0.1, 0.15) is 17.6 Å². The lowest BCUT2D eigenvalue weighted by molar-refractivity contribution is -0.134. The second-order valence-electron chi connectivity index (χ2n) is 11.0. The van der Waals surface area contributed by atoms with Gasteiger partial charge in [-0.15, -0.1) is 0 Å². The third-order valence-electron chi connectivity index (χ3n) is 7.45. The number of urea groups is 1. The Bertz CT molecular complexity index is 1420. The maximum Gasteiger partial charge on any atom is 0.323 e. The number of nitrogens with zero attached hydrogens (tertiary/aromatic N) is 2. The van der Waals surface area contributed by atoms with Crippen LogP contribution in [0.3, 0.4) is 0 Å². The van der Waals surface area contributed by atoms with E-state index in [4.69, 9.17) is 32.7 Å². The van der Waals surface area contributed by atoms with Gasteiger partial charge in [-0.25, -0.2) is 4.79 Å². The number of amides is 3. The number of benzene rings is 3. The van der Waals surface area contributed by atoms with E-state index in [2.05, 4.69) is 15.5 Å². The van der Waals surface area contributed by atoms with Crippen molar-refractivity contribution in [3.63, 3.8) is 0 Å². The Morgan fingerprint density at radius 2 is 1.79 bits per heavy atom. The average Bonchev–Trinajstić information content (AvgIpc) is 3.02. The largest absolute Gasteiger partial charge is 0.497 e. The monoisotopic (exact) mass is 628 g/mol. The molecule has 0 saturated heterocycles. The highest BCUT2D eigenvalue weighted by Gasteiger charge is 2.31. The summed E-state index contributed by atoms with van der Waals surface area (Å²) in [6.07, 6.45) is -0.212. The minimum absolute atomic E-state index is 0.0479. The van der Waals surface area contributed by atoms with Crippen molar-refractivity contribution in [1.82, 2.24) is 9.80 Å². The molecule has 1 heterocycles. The summed E-state index contributed by atoms with van der Waals surface area (Å²) in [5.41, 5.74) is 2.79. The van der Waals surface area contributed by atoms with Crippen molar-refractivity contribution < 1.29 is 24.2 Å².